The van der Waals surface area contributed by atoms with Crippen molar-refractivity contribution in [2.24, 2.45) is 11.8 Å². The second-order valence-electron chi connectivity index (χ2n) is 5.56. The predicted molar refractivity (Wildman–Crippen MR) is 64.5 cm³/mol. The zero-order chi connectivity index (χ0) is 13.1. The second kappa shape index (κ2) is 5.80. The molecule has 102 valence electrons. The summed E-state index contributed by atoms with van der Waals surface area (Å²) in [5, 5.41) is 22.3. The number of aliphatic hydroxyl groups is 2. The van der Waals surface area contributed by atoms with E-state index in [1.54, 1.807) is 0 Å². The Morgan fingerprint density at radius 1 is 1.17 bits per heavy atom. The van der Waals surface area contributed by atoms with Crippen LogP contribution in [0.1, 0.15) is 44.9 Å². The number of carbonyl (C=O) groups is 2. The van der Waals surface area contributed by atoms with Gasteiger partial charge in [0.1, 0.15) is 0 Å². The van der Waals surface area contributed by atoms with E-state index in [2.05, 4.69) is 5.32 Å². The number of imide groups is 1. The maximum atomic E-state index is 11.2. The molecule has 2 amide bonds. The lowest BCUT2D eigenvalue weighted by Crippen LogP contribution is -2.41. The lowest BCUT2D eigenvalue weighted by molar-refractivity contribution is -0.135. The molecule has 0 spiro atoms. The fourth-order valence-corrected chi connectivity index (χ4v) is 3.13. The first-order chi connectivity index (χ1) is 8.56. The van der Waals surface area contributed by atoms with Crippen LogP contribution in [0.2, 0.25) is 0 Å². The van der Waals surface area contributed by atoms with Gasteiger partial charge in [-0.05, 0) is 25.2 Å². The fourth-order valence-electron chi connectivity index (χ4n) is 3.13. The largest absolute Gasteiger partial charge is 0.393 e. The lowest BCUT2D eigenvalue weighted by atomic mass is 9.78. The molecule has 0 unspecified atom stereocenters. The molecule has 2 fully saturated rings. The molecular weight excluding hydrogens is 234 g/mol. The highest BCUT2D eigenvalue weighted by Gasteiger charge is 2.33. The van der Waals surface area contributed by atoms with E-state index in [-0.39, 0.29) is 23.7 Å². The number of piperidine rings is 1. The van der Waals surface area contributed by atoms with Crippen molar-refractivity contribution in [1.29, 1.82) is 0 Å². The molecule has 0 aromatic carbocycles. The summed E-state index contributed by atoms with van der Waals surface area (Å²) in [7, 11) is 0. The number of hydrogen-bond donors (Lipinski definition) is 3. The summed E-state index contributed by atoms with van der Waals surface area (Å²) in [6.07, 6.45) is 3.59. The minimum Gasteiger partial charge on any atom is -0.393 e. The maximum Gasteiger partial charge on any atom is 0.226 e. The number of nitrogens with one attached hydrogen (secondary N) is 1. The van der Waals surface area contributed by atoms with Crippen molar-refractivity contribution >= 4 is 11.8 Å². The Balaban J connectivity index is 1.87. The van der Waals surface area contributed by atoms with E-state index in [9.17, 15) is 19.8 Å². The molecule has 5 heteroatoms. The highest BCUT2D eigenvalue weighted by molar-refractivity contribution is 5.97. The topological polar surface area (TPSA) is 86.6 Å². The van der Waals surface area contributed by atoms with Crippen molar-refractivity contribution in [3.63, 3.8) is 0 Å². The van der Waals surface area contributed by atoms with Crippen LogP contribution in [-0.4, -0.2) is 34.2 Å². The molecule has 2 aliphatic rings. The van der Waals surface area contributed by atoms with Crippen LogP contribution in [0.5, 0.6) is 0 Å². The molecule has 2 rings (SSSR count). The molecule has 0 bridgehead atoms. The van der Waals surface area contributed by atoms with Gasteiger partial charge >= 0.3 is 0 Å². The zero-order valence-electron chi connectivity index (χ0n) is 10.5. The van der Waals surface area contributed by atoms with Gasteiger partial charge in [0, 0.05) is 18.8 Å². The molecule has 0 radical (unpaired) electrons. The summed E-state index contributed by atoms with van der Waals surface area (Å²) in [5.74, 6) is -0.700. The maximum absolute atomic E-state index is 11.2. The minimum absolute atomic E-state index is 0.0876. The molecule has 3 N–H and O–H groups in total. The van der Waals surface area contributed by atoms with Crippen LogP contribution in [0.3, 0.4) is 0 Å². The van der Waals surface area contributed by atoms with Gasteiger partial charge in [-0.15, -0.1) is 0 Å². The van der Waals surface area contributed by atoms with Gasteiger partial charge in [0.25, 0.3) is 0 Å². The smallest absolute Gasteiger partial charge is 0.226 e. The summed E-state index contributed by atoms with van der Waals surface area (Å²) in [4.78, 5) is 22.5. The summed E-state index contributed by atoms with van der Waals surface area (Å²) in [6.45, 7) is 0. The van der Waals surface area contributed by atoms with Gasteiger partial charge in [-0.2, -0.15) is 0 Å². The second-order valence-corrected chi connectivity index (χ2v) is 5.56. The number of aliphatic hydroxyl groups excluding tert-OH is 2. The van der Waals surface area contributed by atoms with E-state index < -0.39 is 12.2 Å². The fraction of sp³-hybridized carbons (Fsp3) is 0.846. The zero-order valence-corrected chi connectivity index (χ0v) is 10.5. The number of amides is 2. The number of rotatable bonds is 3. The number of carbonyl (C=O) groups excluding carboxylic acids is 2. The van der Waals surface area contributed by atoms with Gasteiger partial charge in [0.15, 0.2) is 0 Å². The molecular formula is C13H21NO4. The summed E-state index contributed by atoms with van der Waals surface area (Å²) >= 11 is 0. The third-order valence-corrected chi connectivity index (χ3v) is 4.08. The molecule has 18 heavy (non-hydrogen) atoms. The number of hydrogen-bond acceptors (Lipinski definition) is 4. The van der Waals surface area contributed by atoms with Crippen LogP contribution in [0.25, 0.3) is 0 Å². The van der Waals surface area contributed by atoms with Crippen LogP contribution in [0.15, 0.2) is 0 Å². The average Bonchev–Trinajstić information content (AvgIpc) is 2.27. The Morgan fingerprint density at radius 3 is 2.39 bits per heavy atom. The van der Waals surface area contributed by atoms with Crippen molar-refractivity contribution in [2.75, 3.05) is 0 Å². The van der Waals surface area contributed by atoms with Gasteiger partial charge in [-0.1, -0.05) is 12.8 Å². The minimum atomic E-state index is -0.607. The highest BCUT2D eigenvalue weighted by atomic mass is 16.3. The van der Waals surface area contributed by atoms with Crippen LogP contribution >= 0.6 is 0 Å². The van der Waals surface area contributed by atoms with E-state index >= 15 is 0 Å². The molecule has 1 saturated heterocycles. The highest BCUT2D eigenvalue weighted by Crippen LogP contribution is 2.31. The van der Waals surface area contributed by atoms with Crippen LogP contribution < -0.4 is 5.32 Å². The van der Waals surface area contributed by atoms with Gasteiger partial charge in [0.2, 0.25) is 11.8 Å². The molecule has 5 nitrogen and oxygen atoms in total. The van der Waals surface area contributed by atoms with Crippen LogP contribution in [0, 0.1) is 11.8 Å². The van der Waals surface area contributed by atoms with Crippen molar-refractivity contribution < 1.29 is 19.8 Å². The predicted octanol–water partition coefficient (Wildman–Crippen LogP) is 0.341. The molecule has 0 aromatic heterocycles. The van der Waals surface area contributed by atoms with E-state index in [4.69, 9.17) is 0 Å². The van der Waals surface area contributed by atoms with Crippen LogP contribution in [-0.2, 0) is 9.59 Å². The third-order valence-electron chi connectivity index (χ3n) is 4.08. The van der Waals surface area contributed by atoms with E-state index in [1.165, 1.54) is 0 Å². The molecule has 1 aliphatic carbocycles. The Hall–Kier alpha value is -0.940. The third kappa shape index (κ3) is 3.29. The van der Waals surface area contributed by atoms with Crippen LogP contribution in [0.4, 0.5) is 0 Å². The van der Waals surface area contributed by atoms with Crippen molar-refractivity contribution in [3.05, 3.63) is 0 Å². The lowest BCUT2D eigenvalue weighted by Gasteiger charge is -2.33. The summed E-state index contributed by atoms with van der Waals surface area (Å²) in [6, 6.07) is 0. The summed E-state index contributed by atoms with van der Waals surface area (Å²) < 4.78 is 0. The first-order valence-electron chi connectivity index (χ1n) is 6.75. The van der Waals surface area contributed by atoms with E-state index in [0.29, 0.717) is 19.3 Å². The van der Waals surface area contributed by atoms with E-state index in [0.717, 1.165) is 25.7 Å². The monoisotopic (exact) mass is 255 g/mol. The van der Waals surface area contributed by atoms with Gasteiger partial charge in [-0.3, -0.25) is 14.9 Å². The summed E-state index contributed by atoms with van der Waals surface area (Å²) in [5.41, 5.74) is 0. The van der Waals surface area contributed by atoms with Crippen molar-refractivity contribution in [1.82, 2.24) is 5.32 Å². The van der Waals surface area contributed by atoms with E-state index in [1.807, 2.05) is 0 Å². The standard InChI is InChI=1S/C13H21NO4/c15-10-4-2-1-3-9(10)11(16)5-8-6-12(17)14-13(18)7-8/h8-11,15-16H,1-7H2,(H,14,17,18)/t9-,10-,11-/m1/s1. The normalized spacial score (nSPS) is 32.1. The average molecular weight is 255 g/mol. The first-order valence-corrected chi connectivity index (χ1v) is 6.75. The van der Waals surface area contributed by atoms with Crippen molar-refractivity contribution in [2.45, 2.75) is 57.2 Å². The molecule has 1 aliphatic heterocycles. The first kappa shape index (κ1) is 13.5. The molecule has 1 saturated carbocycles. The van der Waals surface area contributed by atoms with Gasteiger partial charge < -0.3 is 10.2 Å². The Labute approximate surface area is 107 Å². The molecule has 3 atom stereocenters. The quantitative estimate of drug-likeness (QED) is 0.635. The Kier molecular flexibility index (Phi) is 4.35. The molecule has 0 aromatic rings. The Morgan fingerprint density at radius 2 is 1.78 bits per heavy atom. The van der Waals surface area contributed by atoms with Crippen molar-refractivity contribution in [3.8, 4) is 0 Å². The van der Waals surface area contributed by atoms with Gasteiger partial charge in [0.05, 0.1) is 12.2 Å². The SMILES string of the molecule is O=C1CC(C[C@@H](O)[C@@H]2CCCC[C@H]2O)CC(=O)N1. The molecule has 1 heterocycles. The van der Waals surface area contributed by atoms with Gasteiger partial charge in [-0.25, -0.2) is 0 Å². The Bertz CT molecular complexity index is 315.